The Morgan fingerprint density at radius 1 is 1.20 bits per heavy atom. The van der Waals surface area contributed by atoms with Crippen molar-refractivity contribution in [1.29, 1.82) is 5.26 Å². The van der Waals surface area contributed by atoms with Gasteiger partial charge in [0.25, 0.3) is 0 Å². The van der Waals surface area contributed by atoms with Crippen molar-refractivity contribution in [3.63, 3.8) is 0 Å². The normalized spacial score (nSPS) is 36.1. The van der Waals surface area contributed by atoms with Gasteiger partial charge >= 0.3 is 0 Å². The summed E-state index contributed by atoms with van der Waals surface area (Å²) in [5, 5.41) is 11.1. The van der Waals surface area contributed by atoms with Crippen molar-refractivity contribution < 1.29 is 4.79 Å². The van der Waals surface area contributed by atoms with Gasteiger partial charge in [-0.05, 0) is 31.6 Å². The summed E-state index contributed by atoms with van der Waals surface area (Å²) in [6.45, 7) is 0. The first kappa shape index (κ1) is 13.9. The Kier molecular flexibility index (Phi) is 4.26. The van der Waals surface area contributed by atoms with Gasteiger partial charge in [-0.3, -0.25) is 4.79 Å². The molecule has 0 spiro atoms. The lowest BCUT2D eigenvalue weighted by atomic mass is 9.88. The molecule has 20 heavy (non-hydrogen) atoms. The summed E-state index contributed by atoms with van der Waals surface area (Å²) in [4.78, 5) is 16.2. The van der Waals surface area contributed by atoms with E-state index in [-0.39, 0.29) is 11.7 Å². The van der Waals surface area contributed by atoms with Gasteiger partial charge in [0.2, 0.25) is 0 Å². The molecule has 2 aliphatic carbocycles. The molecule has 1 heterocycles. The number of fused-ring (bicyclic) bond motifs is 1. The van der Waals surface area contributed by atoms with Gasteiger partial charge in [-0.25, -0.2) is 4.99 Å². The van der Waals surface area contributed by atoms with Gasteiger partial charge in [-0.15, -0.1) is 11.8 Å². The van der Waals surface area contributed by atoms with E-state index in [1.165, 1.54) is 25.7 Å². The monoisotopic (exact) mass is 288 g/mol. The standard InChI is InChI=1S/C16H20N2OS/c17-10-14-13-7-2-1-3-8-15(13)20-16(14)18-11-5-4-6-12(19)9-11/h9,13-15H,1-8H2/t13-,14?,15-/m1/s1. The SMILES string of the molecule is N#CC1C(=NC2=CC(=O)CCC2)S[C@@H]2CCCCC[C@H]12. The Bertz CT molecular complexity index is 503. The number of allylic oxidation sites excluding steroid dienone is 2. The fraction of sp³-hybridized carbons (Fsp3) is 0.688. The fourth-order valence-corrected chi connectivity index (χ4v) is 5.10. The van der Waals surface area contributed by atoms with E-state index in [1.807, 2.05) is 11.8 Å². The molecule has 3 aliphatic rings. The van der Waals surface area contributed by atoms with Crippen LogP contribution < -0.4 is 0 Å². The fourth-order valence-electron chi connectivity index (χ4n) is 3.49. The molecule has 1 saturated carbocycles. The second kappa shape index (κ2) is 6.13. The first-order valence-corrected chi connectivity index (χ1v) is 8.54. The number of aliphatic imine (C=N–C) groups is 1. The van der Waals surface area contributed by atoms with Crippen molar-refractivity contribution in [3.8, 4) is 6.07 Å². The topological polar surface area (TPSA) is 53.2 Å². The predicted molar refractivity (Wildman–Crippen MR) is 81.4 cm³/mol. The third kappa shape index (κ3) is 2.83. The van der Waals surface area contributed by atoms with E-state index in [2.05, 4.69) is 11.1 Å². The molecule has 3 nitrogen and oxygen atoms in total. The van der Waals surface area contributed by atoms with Crippen molar-refractivity contribution in [2.24, 2.45) is 16.8 Å². The number of hydrogen-bond acceptors (Lipinski definition) is 4. The molecule has 0 radical (unpaired) electrons. The first-order chi connectivity index (χ1) is 9.78. The molecule has 0 N–H and O–H groups in total. The van der Waals surface area contributed by atoms with Crippen LogP contribution in [0.5, 0.6) is 0 Å². The molecule has 1 saturated heterocycles. The summed E-state index contributed by atoms with van der Waals surface area (Å²) in [6, 6.07) is 2.48. The van der Waals surface area contributed by atoms with E-state index in [1.54, 1.807) is 6.08 Å². The lowest BCUT2D eigenvalue weighted by Crippen LogP contribution is -2.18. The minimum absolute atomic E-state index is 0.0407. The lowest BCUT2D eigenvalue weighted by molar-refractivity contribution is -0.115. The van der Waals surface area contributed by atoms with Gasteiger partial charge in [0, 0.05) is 23.4 Å². The average Bonchev–Trinajstić information content (AvgIpc) is 2.60. The quantitative estimate of drug-likeness (QED) is 0.736. The second-order valence-electron chi connectivity index (χ2n) is 5.97. The molecule has 0 amide bonds. The number of carbonyl (C=O) groups excluding carboxylic acids is 1. The van der Waals surface area contributed by atoms with Crippen LogP contribution in [-0.2, 0) is 4.79 Å². The maximum Gasteiger partial charge on any atom is 0.157 e. The van der Waals surface area contributed by atoms with Crippen molar-refractivity contribution in [2.45, 2.75) is 56.6 Å². The molecule has 4 heteroatoms. The zero-order valence-corrected chi connectivity index (χ0v) is 12.5. The maximum absolute atomic E-state index is 11.5. The molecule has 0 aromatic carbocycles. The molecular weight excluding hydrogens is 268 g/mol. The number of nitrogens with zero attached hydrogens (tertiary/aromatic N) is 2. The molecule has 0 aromatic heterocycles. The van der Waals surface area contributed by atoms with Crippen LogP contribution in [0.25, 0.3) is 0 Å². The van der Waals surface area contributed by atoms with Crippen LogP contribution in [0, 0.1) is 23.2 Å². The lowest BCUT2D eigenvalue weighted by Gasteiger charge is -2.15. The third-order valence-electron chi connectivity index (χ3n) is 4.55. The molecule has 2 fully saturated rings. The van der Waals surface area contributed by atoms with Crippen LogP contribution in [0.4, 0.5) is 0 Å². The van der Waals surface area contributed by atoms with Crippen LogP contribution in [0.15, 0.2) is 16.8 Å². The summed E-state index contributed by atoms with van der Waals surface area (Å²) in [7, 11) is 0. The highest BCUT2D eigenvalue weighted by molar-refractivity contribution is 8.14. The van der Waals surface area contributed by atoms with Gasteiger partial charge in [0.15, 0.2) is 5.78 Å². The number of carbonyl (C=O) groups is 1. The maximum atomic E-state index is 11.5. The van der Waals surface area contributed by atoms with Crippen LogP contribution >= 0.6 is 11.8 Å². The van der Waals surface area contributed by atoms with Gasteiger partial charge < -0.3 is 0 Å². The Morgan fingerprint density at radius 2 is 2.05 bits per heavy atom. The van der Waals surface area contributed by atoms with Crippen LogP contribution in [-0.4, -0.2) is 16.1 Å². The van der Waals surface area contributed by atoms with Crippen LogP contribution in [0.2, 0.25) is 0 Å². The number of thioether (sulfide) groups is 1. The van der Waals surface area contributed by atoms with E-state index < -0.39 is 0 Å². The Morgan fingerprint density at radius 3 is 2.85 bits per heavy atom. The Hall–Kier alpha value is -1.08. The number of hydrogen-bond donors (Lipinski definition) is 0. The molecule has 3 atom stereocenters. The van der Waals surface area contributed by atoms with Gasteiger partial charge in [-0.1, -0.05) is 19.3 Å². The number of nitriles is 1. The summed E-state index contributed by atoms with van der Waals surface area (Å²) in [5.41, 5.74) is 0.889. The van der Waals surface area contributed by atoms with Crippen LogP contribution in [0.1, 0.15) is 51.4 Å². The smallest absolute Gasteiger partial charge is 0.157 e. The second-order valence-corrected chi connectivity index (χ2v) is 7.23. The first-order valence-electron chi connectivity index (χ1n) is 7.66. The molecule has 3 rings (SSSR count). The minimum atomic E-state index is -0.0407. The van der Waals surface area contributed by atoms with Crippen molar-refractivity contribution in [3.05, 3.63) is 11.8 Å². The van der Waals surface area contributed by atoms with Gasteiger partial charge in [-0.2, -0.15) is 5.26 Å². The zero-order chi connectivity index (χ0) is 13.9. The highest BCUT2D eigenvalue weighted by Gasteiger charge is 2.42. The van der Waals surface area contributed by atoms with E-state index >= 15 is 0 Å². The minimum Gasteiger partial charge on any atom is -0.295 e. The van der Waals surface area contributed by atoms with E-state index in [0.29, 0.717) is 17.6 Å². The molecule has 1 aliphatic heterocycles. The van der Waals surface area contributed by atoms with Crippen molar-refractivity contribution in [2.75, 3.05) is 0 Å². The molecule has 0 aromatic rings. The largest absolute Gasteiger partial charge is 0.295 e. The summed E-state index contributed by atoms with van der Waals surface area (Å²) >= 11 is 1.81. The van der Waals surface area contributed by atoms with Crippen molar-refractivity contribution in [1.82, 2.24) is 0 Å². The number of rotatable bonds is 1. The molecule has 106 valence electrons. The highest BCUT2D eigenvalue weighted by Crippen LogP contribution is 2.46. The van der Waals surface area contributed by atoms with E-state index in [4.69, 9.17) is 0 Å². The Labute approximate surface area is 124 Å². The van der Waals surface area contributed by atoms with E-state index in [0.717, 1.165) is 30.0 Å². The molecular formula is C16H20N2OS. The van der Waals surface area contributed by atoms with E-state index in [9.17, 15) is 10.1 Å². The summed E-state index contributed by atoms with van der Waals surface area (Å²) < 4.78 is 0. The highest BCUT2D eigenvalue weighted by atomic mass is 32.2. The number of ketones is 1. The zero-order valence-electron chi connectivity index (χ0n) is 11.7. The van der Waals surface area contributed by atoms with Crippen LogP contribution in [0.3, 0.4) is 0 Å². The summed E-state index contributed by atoms with van der Waals surface area (Å²) in [5.74, 6) is 0.619. The average molecular weight is 288 g/mol. The molecule has 1 unspecified atom stereocenters. The third-order valence-corrected chi connectivity index (χ3v) is 6.02. The Balaban J connectivity index is 1.83. The molecule has 0 bridgehead atoms. The summed E-state index contributed by atoms with van der Waals surface area (Å²) in [6.07, 6.45) is 10.3. The van der Waals surface area contributed by atoms with Gasteiger partial charge in [0.05, 0.1) is 17.0 Å². The predicted octanol–water partition coefficient (Wildman–Crippen LogP) is 3.86. The van der Waals surface area contributed by atoms with Gasteiger partial charge in [0.1, 0.15) is 0 Å². The van der Waals surface area contributed by atoms with Crippen molar-refractivity contribution >= 4 is 22.6 Å².